The second kappa shape index (κ2) is 10.7. The lowest BCUT2D eigenvalue weighted by Gasteiger charge is -2.19. The number of para-hydroxylation sites is 1. The highest BCUT2D eigenvalue weighted by atomic mass is 35.5. The van der Waals surface area contributed by atoms with Crippen LogP contribution in [0.2, 0.25) is 10.0 Å². The minimum absolute atomic E-state index is 0.0638. The van der Waals surface area contributed by atoms with Crippen LogP contribution < -0.4 is 5.69 Å². The molecule has 3 heterocycles. The van der Waals surface area contributed by atoms with E-state index in [-0.39, 0.29) is 24.1 Å². The largest absolute Gasteiger partial charge is 0.416 e. The molecule has 2 aromatic carbocycles. The molecule has 0 saturated carbocycles. The van der Waals surface area contributed by atoms with Gasteiger partial charge in [-0.25, -0.2) is 19.1 Å². The lowest BCUT2D eigenvalue weighted by molar-refractivity contribution is -0.207. The van der Waals surface area contributed by atoms with Crippen molar-refractivity contribution in [1.29, 1.82) is 0 Å². The monoisotopic (exact) mass is 595 g/mol. The van der Waals surface area contributed by atoms with Crippen molar-refractivity contribution < 1.29 is 23.1 Å². The molecule has 1 aliphatic heterocycles. The number of hydrogen-bond donors (Lipinski definition) is 1. The number of carbonyl (C=O) groups is 1. The van der Waals surface area contributed by atoms with Crippen LogP contribution >= 0.6 is 23.2 Å². The number of likely N-dealkylation sites (tertiary alicyclic amines) is 1. The molecule has 1 amide bonds. The van der Waals surface area contributed by atoms with E-state index in [0.717, 1.165) is 9.25 Å². The smallest absolute Gasteiger partial charge is 0.382 e. The van der Waals surface area contributed by atoms with Gasteiger partial charge in [0, 0.05) is 24.1 Å². The molecule has 1 N–H and O–H groups in total. The van der Waals surface area contributed by atoms with Crippen LogP contribution in [0.1, 0.15) is 30.5 Å². The average molecular weight is 596 g/mol. The first-order valence-electron chi connectivity index (χ1n) is 12.1. The Bertz CT molecular complexity index is 1620. The predicted octanol–water partition coefficient (Wildman–Crippen LogP) is 3.86. The van der Waals surface area contributed by atoms with Crippen molar-refractivity contribution in [3.8, 4) is 17.1 Å². The summed E-state index contributed by atoms with van der Waals surface area (Å²) in [6, 6.07) is 12.5. The highest BCUT2D eigenvalue weighted by Crippen LogP contribution is 2.33. The van der Waals surface area contributed by atoms with E-state index < -0.39 is 30.6 Å². The van der Waals surface area contributed by atoms with Crippen LogP contribution in [0.15, 0.2) is 53.3 Å². The number of carbonyl (C=O) groups excluding carboxylic acids is 1. The number of hydrogen-bond acceptors (Lipinski definition) is 6. The Hall–Kier alpha value is -3.68. The number of aliphatic hydroxyl groups is 1. The van der Waals surface area contributed by atoms with E-state index >= 15 is 0 Å². The maximum atomic E-state index is 13.3. The number of amides is 1. The quantitative estimate of drug-likeness (QED) is 0.347. The fourth-order valence-corrected chi connectivity index (χ4v) is 4.83. The van der Waals surface area contributed by atoms with E-state index in [1.165, 1.54) is 28.9 Å². The minimum Gasteiger partial charge on any atom is -0.382 e. The number of alkyl halides is 3. The lowest BCUT2D eigenvalue weighted by Crippen LogP contribution is -2.37. The predicted molar refractivity (Wildman–Crippen MR) is 139 cm³/mol. The molecule has 1 aliphatic rings. The number of rotatable bonds is 7. The standard InChI is InChI=1S/C25H22Cl2F3N7O3/c1-34-18(10-11-21(34)39)23-31-20(32-37(23)17-5-3-2-4-16(17)27)13-36-24(40)35(12-19(38)25(28,29)30)22(33-36)14-6-8-15(26)9-7-14/h2-9,18-19,38H,10-13H2,1H3/t18?,19-/m0/s1. The Kier molecular flexibility index (Phi) is 7.46. The first-order valence-corrected chi connectivity index (χ1v) is 12.8. The molecule has 2 atom stereocenters. The minimum atomic E-state index is -4.95. The van der Waals surface area contributed by atoms with Crippen LogP contribution in [0, 0.1) is 0 Å². The van der Waals surface area contributed by atoms with Crippen molar-refractivity contribution in [3.05, 3.63) is 80.7 Å². The second-order valence-corrected chi connectivity index (χ2v) is 10.1. The molecule has 1 saturated heterocycles. The zero-order valence-corrected chi connectivity index (χ0v) is 22.4. The first kappa shape index (κ1) is 27.9. The number of benzene rings is 2. The maximum Gasteiger partial charge on any atom is 0.416 e. The van der Waals surface area contributed by atoms with Crippen LogP contribution in [-0.2, 0) is 17.9 Å². The summed E-state index contributed by atoms with van der Waals surface area (Å²) in [4.78, 5) is 31.7. The van der Waals surface area contributed by atoms with Gasteiger partial charge in [-0.1, -0.05) is 35.3 Å². The summed E-state index contributed by atoms with van der Waals surface area (Å²) in [6.07, 6.45) is -6.94. The molecule has 5 rings (SSSR count). The van der Waals surface area contributed by atoms with E-state index in [1.54, 1.807) is 36.2 Å². The number of aromatic nitrogens is 6. The molecule has 0 aliphatic carbocycles. The van der Waals surface area contributed by atoms with Crippen molar-refractivity contribution >= 4 is 29.1 Å². The van der Waals surface area contributed by atoms with Crippen molar-refractivity contribution in [2.75, 3.05) is 7.05 Å². The fraction of sp³-hybridized carbons (Fsp3) is 0.320. The molecule has 1 fully saturated rings. The van der Waals surface area contributed by atoms with Crippen molar-refractivity contribution in [2.45, 2.75) is 44.3 Å². The van der Waals surface area contributed by atoms with Crippen molar-refractivity contribution in [3.63, 3.8) is 0 Å². The second-order valence-electron chi connectivity index (χ2n) is 9.25. The van der Waals surface area contributed by atoms with Gasteiger partial charge in [0.1, 0.15) is 6.54 Å². The molecule has 0 spiro atoms. The van der Waals surface area contributed by atoms with E-state index in [0.29, 0.717) is 40.0 Å². The van der Waals surface area contributed by atoms with E-state index in [4.69, 9.17) is 23.2 Å². The van der Waals surface area contributed by atoms with Gasteiger partial charge < -0.3 is 10.0 Å². The van der Waals surface area contributed by atoms with Crippen molar-refractivity contribution in [1.82, 2.24) is 34.0 Å². The molecule has 0 bridgehead atoms. The zero-order chi connectivity index (χ0) is 28.8. The number of halogens is 5. The molecule has 10 nitrogen and oxygen atoms in total. The summed E-state index contributed by atoms with van der Waals surface area (Å²) in [6.45, 7) is -1.37. The van der Waals surface area contributed by atoms with Crippen LogP contribution in [0.4, 0.5) is 13.2 Å². The highest BCUT2D eigenvalue weighted by molar-refractivity contribution is 6.32. The Morgan fingerprint density at radius 3 is 2.40 bits per heavy atom. The van der Waals surface area contributed by atoms with Crippen LogP contribution in [0.25, 0.3) is 17.1 Å². The van der Waals surface area contributed by atoms with E-state index in [9.17, 15) is 27.9 Å². The Morgan fingerprint density at radius 1 is 1.07 bits per heavy atom. The van der Waals surface area contributed by atoms with E-state index in [2.05, 4.69) is 15.2 Å². The molecular formula is C25H22Cl2F3N7O3. The van der Waals surface area contributed by atoms with Gasteiger partial charge in [0.2, 0.25) is 5.91 Å². The van der Waals surface area contributed by atoms with Crippen LogP contribution in [0.5, 0.6) is 0 Å². The Morgan fingerprint density at radius 2 is 1.77 bits per heavy atom. The van der Waals surface area contributed by atoms with Gasteiger partial charge in [-0.15, -0.1) is 10.2 Å². The Balaban J connectivity index is 1.58. The lowest BCUT2D eigenvalue weighted by atomic mass is 10.2. The first-order chi connectivity index (χ1) is 18.9. The normalized spacial score (nSPS) is 16.6. The molecule has 210 valence electrons. The van der Waals surface area contributed by atoms with Gasteiger partial charge in [-0.05, 0) is 42.8 Å². The summed E-state index contributed by atoms with van der Waals surface area (Å²) in [7, 11) is 1.65. The Labute approximate surface area is 235 Å². The third-order valence-corrected chi connectivity index (χ3v) is 7.17. The summed E-state index contributed by atoms with van der Waals surface area (Å²) in [5.74, 6) is 0.366. The van der Waals surface area contributed by atoms with Gasteiger partial charge in [0.05, 0.1) is 23.3 Å². The topological polar surface area (TPSA) is 111 Å². The third kappa shape index (κ3) is 5.36. The highest BCUT2D eigenvalue weighted by Gasteiger charge is 2.39. The van der Waals surface area contributed by atoms with E-state index in [1.807, 2.05) is 0 Å². The summed E-state index contributed by atoms with van der Waals surface area (Å²) >= 11 is 12.4. The molecule has 4 aromatic rings. The van der Waals surface area contributed by atoms with Crippen molar-refractivity contribution in [2.24, 2.45) is 0 Å². The molecule has 1 unspecified atom stereocenters. The van der Waals surface area contributed by atoms with Gasteiger partial charge in [-0.2, -0.15) is 13.2 Å². The van der Waals surface area contributed by atoms with Gasteiger partial charge >= 0.3 is 11.9 Å². The summed E-state index contributed by atoms with van der Waals surface area (Å²) in [5.41, 5.74) is -0.0910. The molecule has 15 heteroatoms. The summed E-state index contributed by atoms with van der Waals surface area (Å²) in [5, 5.41) is 19.3. The molecule has 2 aromatic heterocycles. The molecular weight excluding hydrogens is 574 g/mol. The average Bonchev–Trinajstić information content (AvgIpc) is 3.56. The third-order valence-electron chi connectivity index (χ3n) is 6.60. The van der Waals surface area contributed by atoms with Gasteiger partial charge in [0.25, 0.3) is 0 Å². The number of aliphatic hydroxyl groups excluding tert-OH is 1. The zero-order valence-electron chi connectivity index (χ0n) is 20.9. The van der Waals surface area contributed by atoms with Gasteiger partial charge in [0.15, 0.2) is 23.6 Å². The molecule has 40 heavy (non-hydrogen) atoms. The maximum absolute atomic E-state index is 13.3. The SMILES string of the molecule is CN1C(=O)CCC1c1nc(Cn2nc(-c3ccc(Cl)cc3)n(C[C@H](O)C(F)(F)F)c2=O)nn1-c1ccccc1Cl. The fourth-order valence-electron chi connectivity index (χ4n) is 4.49. The van der Waals surface area contributed by atoms with Crippen LogP contribution in [0.3, 0.4) is 0 Å². The summed E-state index contributed by atoms with van der Waals surface area (Å²) < 4.78 is 42.7. The van der Waals surface area contributed by atoms with Gasteiger partial charge in [-0.3, -0.25) is 9.36 Å². The molecule has 0 radical (unpaired) electrons. The van der Waals surface area contributed by atoms with Crippen LogP contribution in [-0.4, -0.2) is 64.4 Å². The number of nitrogens with zero attached hydrogens (tertiary/aromatic N) is 7.